The normalized spacial score (nSPS) is 14.3. The molecule has 1 amide bonds. The predicted octanol–water partition coefficient (Wildman–Crippen LogP) is 15.2. The Morgan fingerprint density at radius 1 is 0.462 bits per heavy atom. The number of piperidine rings is 1. The number of nitrogens with two attached hydrogens (primary N) is 1. The van der Waals surface area contributed by atoms with Gasteiger partial charge in [0.1, 0.15) is 11.7 Å². The van der Waals surface area contributed by atoms with E-state index in [-0.39, 0.29) is 5.91 Å². The number of carbonyl (C=O) groups is 1. The van der Waals surface area contributed by atoms with Crippen molar-refractivity contribution >= 4 is 99.0 Å². The van der Waals surface area contributed by atoms with Gasteiger partial charge in [0.2, 0.25) is 5.91 Å². The van der Waals surface area contributed by atoms with Gasteiger partial charge < -0.3 is 21.7 Å². The van der Waals surface area contributed by atoms with E-state index in [1.54, 1.807) is 35.3 Å². The van der Waals surface area contributed by atoms with Crippen molar-refractivity contribution in [3.8, 4) is 0 Å². The third kappa shape index (κ3) is 19.2. The van der Waals surface area contributed by atoms with Gasteiger partial charge in [0, 0.05) is 101 Å². The number of hydrogen-bond acceptors (Lipinski definition) is 9. The van der Waals surface area contributed by atoms with Gasteiger partial charge in [-0.05, 0) is 178 Å². The Morgan fingerprint density at radius 2 is 0.800 bits per heavy atom. The molecule has 0 atom stereocenters. The van der Waals surface area contributed by atoms with Gasteiger partial charge in [0.05, 0.1) is 0 Å². The number of aliphatic imine (C=N–C) groups is 2. The van der Waals surface area contributed by atoms with Gasteiger partial charge in [0.15, 0.2) is 0 Å². The Hall–Kier alpha value is -4.39. The van der Waals surface area contributed by atoms with E-state index in [1.165, 1.54) is 55.1 Å². The molecule has 0 spiro atoms. The summed E-state index contributed by atoms with van der Waals surface area (Å²) in [5.74, 6) is 2.44. The van der Waals surface area contributed by atoms with Crippen molar-refractivity contribution in [2.75, 3.05) is 30.3 Å². The highest BCUT2D eigenvalue weighted by molar-refractivity contribution is 7.99. The molecule has 1 saturated heterocycles. The van der Waals surface area contributed by atoms with Crippen LogP contribution >= 0.6 is 70.1 Å². The molecule has 3 heterocycles. The first-order chi connectivity index (χ1) is 31.8. The number of hydrogen-bond donors (Lipinski definition) is 4. The third-order valence-electron chi connectivity index (χ3n) is 9.99. The Balaban J connectivity index is 0.000000151. The molecule has 1 fully saturated rings. The second-order valence-corrected chi connectivity index (χ2v) is 19.9. The van der Waals surface area contributed by atoms with Gasteiger partial charge in [-0.3, -0.25) is 14.8 Å². The lowest BCUT2D eigenvalue weighted by molar-refractivity contribution is -0.122. The Labute approximate surface area is 412 Å². The number of halogens is 3. The van der Waals surface area contributed by atoms with Crippen molar-refractivity contribution in [1.82, 2.24) is 5.32 Å². The minimum atomic E-state index is 0.214. The van der Waals surface area contributed by atoms with Gasteiger partial charge in [0.25, 0.3) is 0 Å². The summed E-state index contributed by atoms with van der Waals surface area (Å²) < 4.78 is 0. The summed E-state index contributed by atoms with van der Waals surface area (Å²) in [5.41, 5.74) is 8.92. The molecule has 0 aromatic heterocycles. The number of anilines is 2. The molecule has 65 heavy (non-hydrogen) atoms. The zero-order valence-electron chi connectivity index (χ0n) is 36.3. The molecule has 0 saturated carbocycles. The van der Waals surface area contributed by atoms with Crippen LogP contribution in [0.5, 0.6) is 0 Å². The van der Waals surface area contributed by atoms with Gasteiger partial charge >= 0.3 is 0 Å². The van der Waals surface area contributed by atoms with E-state index >= 15 is 0 Å². The fourth-order valence-corrected chi connectivity index (χ4v) is 9.31. The van der Waals surface area contributed by atoms with Crippen LogP contribution in [0.4, 0.5) is 11.4 Å². The molecule has 3 aliphatic heterocycles. The van der Waals surface area contributed by atoms with E-state index in [0.717, 1.165) is 95.4 Å². The molecule has 13 heteroatoms. The molecule has 0 radical (unpaired) electrons. The van der Waals surface area contributed by atoms with E-state index in [4.69, 9.17) is 40.5 Å². The van der Waals surface area contributed by atoms with E-state index in [0.29, 0.717) is 6.54 Å². The fourth-order valence-electron chi connectivity index (χ4n) is 6.48. The summed E-state index contributed by atoms with van der Waals surface area (Å²) in [4.78, 5) is 26.6. The number of amides is 1. The average molecular weight is 983 g/mol. The first-order valence-corrected chi connectivity index (χ1v) is 25.5. The van der Waals surface area contributed by atoms with Crippen LogP contribution in [0.25, 0.3) is 0 Å². The Bertz CT molecular complexity index is 2280. The molecule has 0 bridgehead atoms. The van der Waals surface area contributed by atoms with Crippen LogP contribution in [0.2, 0.25) is 15.1 Å². The quantitative estimate of drug-likeness (QED) is 0.114. The lowest BCUT2D eigenvalue weighted by atomic mass is 10.2. The smallest absolute Gasteiger partial charge is 0.219 e. The largest absolute Gasteiger partial charge is 0.356 e. The number of benzene rings is 6. The standard InChI is InChI=1S/2C17H17ClN2S.C13H12ClNS.C5H9NO/c2*18-13-4-8-15(9-5-13)21-16-10-6-14(7-11-16)20-17-3-1-2-12-19-17;14-11-3-7-13(8-4-11)16-12-5-1-10(9-15)2-6-12;7-5-3-1-2-4-6-5/h2*4-11H,1-3,12H2,(H,19,20);1-8H,9,15H2;1-4H2,(H,6,7). The Kier molecular flexibility index (Phi) is 21.5. The minimum absolute atomic E-state index is 0.214. The lowest BCUT2D eigenvalue weighted by Crippen LogP contribution is -2.28. The van der Waals surface area contributed by atoms with Crippen LogP contribution in [-0.4, -0.2) is 37.2 Å². The molecule has 9 rings (SSSR count). The zero-order chi connectivity index (χ0) is 45.5. The van der Waals surface area contributed by atoms with Gasteiger partial charge in [-0.2, -0.15) is 0 Å². The molecule has 338 valence electrons. The van der Waals surface area contributed by atoms with Crippen LogP contribution in [0.1, 0.15) is 63.4 Å². The monoisotopic (exact) mass is 980 g/mol. The molecule has 5 N–H and O–H groups in total. The molecule has 6 aromatic rings. The number of nitrogens with one attached hydrogen (secondary N) is 3. The van der Waals surface area contributed by atoms with Gasteiger partial charge in [-0.1, -0.05) is 82.2 Å². The van der Waals surface area contributed by atoms with Crippen molar-refractivity contribution in [1.29, 1.82) is 0 Å². The topological polar surface area (TPSA) is 104 Å². The molecular formula is C52H55Cl3N6OS3. The summed E-state index contributed by atoms with van der Waals surface area (Å²) in [7, 11) is 0. The second kappa shape index (κ2) is 27.9. The molecular weight excluding hydrogens is 927 g/mol. The first-order valence-electron chi connectivity index (χ1n) is 21.9. The fraction of sp³-hybridized carbons (Fsp3) is 0.250. The third-order valence-corrected chi connectivity index (χ3v) is 13.8. The van der Waals surface area contributed by atoms with Crippen molar-refractivity contribution < 1.29 is 4.79 Å². The second-order valence-electron chi connectivity index (χ2n) is 15.2. The Morgan fingerprint density at radius 3 is 1.08 bits per heavy atom. The lowest BCUT2D eigenvalue weighted by Gasteiger charge is -2.14. The summed E-state index contributed by atoms with van der Waals surface area (Å²) in [6.45, 7) is 3.38. The van der Waals surface area contributed by atoms with Crippen LogP contribution in [0.15, 0.2) is 185 Å². The summed E-state index contributed by atoms with van der Waals surface area (Å²) in [5, 5.41) is 11.9. The highest BCUT2D eigenvalue weighted by atomic mass is 35.5. The van der Waals surface area contributed by atoms with E-state index < -0.39 is 0 Å². The molecule has 6 aromatic carbocycles. The number of carbonyl (C=O) groups excluding carboxylic acids is 1. The molecule has 3 aliphatic rings. The van der Waals surface area contributed by atoms with E-state index in [2.05, 4.69) is 98.7 Å². The average Bonchev–Trinajstić information content (AvgIpc) is 3.34. The van der Waals surface area contributed by atoms with Crippen molar-refractivity contribution in [2.45, 2.75) is 93.7 Å². The van der Waals surface area contributed by atoms with Gasteiger partial charge in [-0.25, -0.2) is 0 Å². The van der Waals surface area contributed by atoms with Crippen molar-refractivity contribution in [3.63, 3.8) is 0 Å². The zero-order valence-corrected chi connectivity index (χ0v) is 41.0. The summed E-state index contributed by atoms with van der Waals surface area (Å²) in [6, 6.07) is 48.9. The van der Waals surface area contributed by atoms with Crippen molar-refractivity contribution in [2.24, 2.45) is 15.7 Å². The predicted molar refractivity (Wildman–Crippen MR) is 280 cm³/mol. The summed E-state index contributed by atoms with van der Waals surface area (Å²) in [6.07, 6.45) is 9.97. The maximum absolute atomic E-state index is 10.4. The van der Waals surface area contributed by atoms with Crippen molar-refractivity contribution in [3.05, 3.63) is 166 Å². The highest BCUT2D eigenvalue weighted by Gasteiger charge is 2.08. The van der Waals surface area contributed by atoms with Crippen LogP contribution in [0, 0.1) is 0 Å². The van der Waals surface area contributed by atoms with Crippen LogP contribution < -0.4 is 21.7 Å². The first kappa shape index (κ1) is 50.0. The van der Waals surface area contributed by atoms with Crippen LogP contribution in [-0.2, 0) is 11.3 Å². The molecule has 7 nitrogen and oxygen atoms in total. The maximum atomic E-state index is 10.4. The maximum Gasteiger partial charge on any atom is 0.219 e. The summed E-state index contributed by atoms with van der Waals surface area (Å²) >= 11 is 22.8. The van der Waals surface area contributed by atoms with E-state index in [1.807, 2.05) is 72.8 Å². The van der Waals surface area contributed by atoms with E-state index in [9.17, 15) is 4.79 Å². The van der Waals surface area contributed by atoms with Crippen LogP contribution in [0.3, 0.4) is 0 Å². The van der Waals surface area contributed by atoms with Gasteiger partial charge in [-0.15, -0.1) is 0 Å². The minimum Gasteiger partial charge on any atom is -0.356 e. The number of rotatable bonds is 9. The number of nitrogens with zero attached hydrogens (tertiary/aromatic N) is 2. The number of amidine groups is 2. The highest BCUT2D eigenvalue weighted by Crippen LogP contribution is 2.32. The molecule has 0 unspecified atom stereocenters. The molecule has 0 aliphatic carbocycles. The SMILES string of the molecule is Clc1ccc(Sc2ccc(NC3=NCCCC3)cc2)cc1.Clc1ccc(Sc2ccc(NC3=NCCCC3)cc2)cc1.NCc1ccc(Sc2ccc(Cl)cc2)cc1.O=C1CCCCN1.